The van der Waals surface area contributed by atoms with Crippen LogP contribution in [0.2, 0.25) is 5.02 Å². The van der Waals surface area contributed by atoms with Crippen LogP contribution in [0.3, 0.4) is 0 Å². The Balaban J connectivity index is 1.49. The normalized spacial score (nSPS) is 14.7. The molecule has 1 aromatic heterocycles. The number of phenols is 1. The van der Waals surface area contributed by atoms with E-state index >= 15 is 0 Å². The molecular formula is C30H30ClN3O3. The van der Waals surface area contributed by atoms with Crippen LogP contribution in [0.15, 0.2) is 72.8 Å². The summed E-state index contributed by atoms with van der Waals surface area (Å²) < 4.78 is 5.94. The summed E-state index contributed by atoms with van der Waals surface area (Å²) in [5.74, 6) is 0.786. The predicted molar refractivity (Wildman–Crippen MR) is 145 cm³/mol. The van der Waals surface area contributed by atoms with Gasteiger partial charge in [-0.15, -0.1) is 0 Å². The van der Waals surface area contributed by atoms with Crippen LogP contribution in [0.4, 0.5) is 0 Å². The van der Waals surface area contributed by atoms with Gasteiger partial charge >= 0.3 is 0 Å². The van der Waals surface area contributed by atoms with Gasteiger partial charge in [0, 0.05) is 22.7 Å². The molecule has 1 amide bonds. The number of benzene rings is 3. The zero-order chi connectivity index (χ0) is 25.8. The molecule has 190 valence electrons. The van der Waals surface area contributed by atoms with Gasteiger partial charge in [0.15, 0.2) is 0 Å². The summed E-state index contributed by atoms with van der Waals surface area (Å²) >= 11 is 6.09. The first kappa shape index (κ1) is 24.9. The number of carbonyl (C=O) groups is 1. The minimum Gasteiger partial charge on any atom is -0.507 e. The van der Waals surface area contributed by atoms with Gasteiger partial charge in [-0.3, -0.25) is 9.89 Å². The number of H-pyrrole nitrogens is 1. The number of para-hydroxylation sites is 1. The number of unbranched alkanes of at least 4 members (excludes halogenated alkanes) is 3. The van der Waals surface area contributed by atoms with Crippen molar-refractivity contribution in [3.63, 3.8) is 0 Å². The summed E-state index contributed by atoms with van der Waals surface area (Å²) in [6.07, 6.45) is 4.61. The number of rotatable bonds is 10. The molecule has 2 N–H and O–H groups in total. The summed E-state index contributed by atoms with van der Waals surface area (Å²) in [5.41, 5.74) is 4.26. The lowest BCUT2D eigenvalue weighted by atomic mass is 9.95. The number of halogens is 1. The fourth-order valence-corrected chi connectivity index (χ4v) is 4.96. The van der Waals surface area contributed by atoms with E-state index in [9.17, 15) is 9.90 Å². The van der Waals surface area contributed by atoms with Gasteiger partial charge in [0.1, 0.15) is 22.9 Å². The third-order valence-corrected chi connectivity index (χ3v) is 7.00. The van der Waals surface area contributed by atoms with Crippen LogP contribution < -0.4 is 4.74 Å². The number of fused-ring (bicyclic) bond motifs is 1. The molecule has 37 heavy (non-hydrogen) atoms. The maximum absolute atomic E-state index is 13.6. The fourth-order valence-electron chi connectivity index (χ4n) is 4.84. The van der Waals surface area contributed by atoms with Crippen molar-refractivity contribution in [3.8, 4) is 22.8 Å². The number of phenolic OH excluding ortho intramolecular Hbond substituents is 1. The van der Waals surface area contributed by atoms with E-state index in [2.05, 4.69) is 17.1 Å². The minimum atomic E-state index is -0.384. The van der Waals surface area contributed by atoms with Crippen molar-refractivity contribution in [1.29, 1.82) is 0 Å². The second-order valence-electron chi connectivity index (χ2n) is 9.32. The summed E-state index contributed by atoms with van der Waals surface area (Å²) in [5, 5.41) is 18.6. The van der Waals surface area contributed by atoms with Crippen LogP contribution in [0.5, 0.6) is 11.5 Å². The molecule has 5 rings (SSSR count). The molecule has 0 bridgehead atoms. The Labute approximate surface area is 221 Å². The molecule has 1 aliphatic heterocycles. The van der Waals surface area contributed by atoms with E-state index in [1.54, 1.807) is 12.1 Å². The highest BCUT2D eigenvalue weighted by molar-refractivity contribution is 6.30. The van der Waals surface area contributed by atoms with Gasteiger partial charge in [0.2, 0.25) is 0 Å². The maximum Gasteiger partial charge on any atom is 0.273 e. The monoisotopic (exact) mass is 515 g/mol. The number of aromatic hydroxyl groups is 1. The van der Waals surface area contributed by atoms with Gasteiger partial charge in [-0.1, -0.05) is 74.2 Å². The Hall–Kier alpha value is -3.77. The zero-order valence-electron chi connectivity index (χ0n) is 20.8. The molecule has 0 saturated carbocycles. The molecule has 1 atom stereocenters. The first-order valence-electron chi connectivity index (χ1n) is 12.7. The second kappa shape index (κ2) is 11.1. The number of aromatic amines is 1. The standard InChI is InChI=1S/C30H30ClN3O3/c1-2-3-4-7-18-37-23-16-12-21(13-17-23)29-26-27(24-8-5-6-9-25(24)35)32-33-28(26)30(36)34(29)19-20-10-14-22(31)15-11-20/h5-6,8-17,29,35H,2-4,7,18-19H2,1H3,(H,32,33). The van der Waals surface area contributed by atoms with Crippen molar-refractivity contribution >= 4 is 17.5 Å². The highest BCUT2D eigenvalue weighted by Gasteiger charge is 2.42. The van der Waals surface area contributed by atoms with E-state index in [-0.39, 0.29) is 17.7 Å². The van der Waals surface area contributed by atoms with Crippen LogP contribution in [-0.2, 0) is 6.54 Å². The van der Waals surface area contributed by atoms with Crippen molar-refractivity contribution in [2.45, 2.75) is 45.2 Å². The maximum atomic E-state index is 13.6. The molecule has 0 saturated heterocycles. The van der Waals surface area contributed by atoms with Crippen LogP contribution in [0.25, 0.3) is 11.3 Å². The number of nitrogens with zero attached hydrogens (tertiary/aromatic N) is 2. The molecular weight excluding hydrogens is 486 g/mol. The second-order valence-corrected chi connectivity index (χ2v) is 9.75. The van der Waals surface area contributed by atoms with Crippen molar-refractivity contribution in [2.24, 2.45) is 0 Å². The summed E-state index contributed by atoms with van der Waals surface area (Å²) in [4.78, 5) is 15.4. The van der Waals surface area contributed by atoms with Crippen molar-refractivity contribution in [3.05, 3.63) is 100 Å². The predicted octanol–water partition coefficient (Wildman–Crippen LogP) is 7.14. The Morgan fingerprint density at radius 1 is 1.00 bits per heavy atom. The van der Waals surface area contributed by atoms with E-state index in [1.807, 2.05) is 65.6 Å². The Kier molecular flexibility index (Phi) is 7.47. The topological polar surface area (TPSA) is 78.5 Å². The summed E-state index contributed by atoms with van der Waals surface area (Å²) in [6, 6.07) is 22.1. The molecule has 7 heteroatoms. The lowest BCUT2D eigenvalue weighted by Gasteiger charge is -2.27. The van der Waals surface area contributed by atoms with Crippen LogP contribution in [0, 0.1) is 0 Å². The average molecular weight is 516 g/mol. The molecule has 0 radical (unpaired) electrons. The Morgan fingerprint density at radius 2 is 1.76 bits per heavy atom. The molecule has 0 fully saturated rings. The van der Waals surface area contributed by atoms with Crippen LogP contribution in [-0.4, -0.2) is 32.7 Å². The number of aromatic nitrogens is 2. The van der Waals surface area contributed by atoms with E-state index in [0.29, 0.717) is 35.1 Å². The molecule has 1 unspecified atom stereocenters. The SMILES string of the molecule is CCCCCCOc1ccc(C2c3c(-c4ccccc4O)n[nH]c3C(=O)N2Cc2ccc(Cl)cc2)cc1. The van der Waals surface area contributed by atoms with E-state index < -0.39 is 0 Å². The molecule has 0 aliphatic carbocycles. The Bertz CT molecular complexity index is 1370. The fraction of sp³-hybridized carbons (Fsp3) is 0.267. The first-order valence-corrected chi connectivity index (χ1v) is 13.1. The third kappa shape index (κ3) is 5.20. The smallest absolute Gasteiger partial charge is 0.273 e. The minimum absolute atomic E-state index is 0.117. The van der Waals surface area contributed by atoms with Crippen molar-refractivity contribution in [2.75, 3.05) is 6.61 Å². The molecule has 3 aromatic carbocycles. The largest absolute Gasteiger partial charge is 0.507 e. The molecule has 1 aliphatic rings. The van der Waals surface area contributed by atoms with Crippen molar-refractivity contribution in [1.82, 2.24) is 15.1 Å². The molecule has 0 spiro atoms. The highest BCUT2D eigenvalue weighted by Crippen LogP contribution is 2.45. The Morgan fingerprint density at radius 3 is 2.49 bits per heavy atom. The number of ether oxygens (including phenoxy) is 1. The van der Waals surface area contributed by atoms with E-state index in [4.69, 9.17) is 16.3 Å². The van der Waals surface area contributed by atoms with Gasteiger partial charge in [-0.25, -0.2) is 0 Å². The lowest BCUT2D eigenvalue weighted by molar-refractivity contribution is 0.0730. The number of carbonyl (C=O) groups excluding carboxylic acids is 1. The van der Waals surface area contributed by atoms with Gasteiger partial charge in [-0.2, -0.15) is 5.10 Å². The van der Waals surface area contributed by atoms with Gasteiger partial charge in [-0.05, 0) is 53.9 Å². The quantitative estimate of drug-likeness (QED) is 0.220. The highest BCUT2D eigenvalue weighted by atomic mass is 35.5. The van der Waals surface area contributed by atoms with Crippen molar-refractivity contribution < 1.29 is 14.6 Å². The van der Waals surface area contributed by atoms with Gasteiger partial charge in [0.05, 0.1) is 12.6 Å². The molecule has 6 nitrogen and oxygen atoms in total. The number of nitrogens with one attached hydrogen (secondary N) is 1. The average Bonchev–Trinajstić information content (AvgIpc) is 3.45. The van der Waals surface area contributed by atoms with E-state index in [0.717, 1.165) is 35.3 Å². The first-order chi connectivity index (χ1) is 18.1. The van der Waals surface area contributed by atoms with E-state index in [1.165, 1.54) is 12.8 Å². The summed E-state index contributed by atoms with van der Waals surface area (Å²) in [6.45, 7) is 3.28. The number of amides is 1. The van der Waals surface area contributed by atoms with Crippen LogP contribution in [0.1, 0.15) is 65.8 Å². The number of hydrogen-bond donors (Lipinski definition) is 2. The zero-order valence-corrected chi connectivity index (χ0v) is 21.5. The van der Waals surface area contributed by atoms with Crippen LogP contribution >= 0.6 is 11.6 Å². The third-order valence-electron chi connectivity index (χ3n) is 6.75. The lowest BCUT2D eigenvalue weighted by Crippen LogP contribution is -2.29. The van der Waals surface area contributed by atoms with Gasteiger partial charge < -0.3 is 14.7 Å². The molecule has 2 heterocycles. The summed E-state index contributed by atoms with van der Waals surface area (Å²) in [7, 11) is 0. The number of hydrogen-bond acceptors (Lipinski definition) is 4. The molecule has 4 aromatic rings. The van der Waals surface area contributed by atoms with Gasteiger partial charge in [0.25, 0.3) is 5.91 Å².